The molecule has 8 heteroatoms. The fraction of sp³-hybridized carbons (Fsp3) is 0.364. The minimum absolute atomic E-state index is 0.0677. The normalized spacial score (nSPS) is 15.8. The highest BCUT2D eigenvalue weighted by Crippen LogP contribution is 2.30. The van der Waals surface area contributed by atoms with Gasteiger partial charge in [0.05, 0.1) is 23.4 Å². The van der Waals surface area contributed by atoms with Gasteiger partial charge in [0.15, 0.2) is 0 Å². The number of rotatable bonds is 6. The molecule has 1 fully saturated rings. The largest absolute Gasteiger partial charge is 0.493 e. The number of amides is 1. The molecule has 0 saturated carbocycles. The number of aryl methyl sites for hydroxylation is 1. The molecule has 2 aromatic heterocycles. The summed E-state index contributed by atoms with van der Waals surface area (Å²) in [6.07, 6.45) is 1.10. The standard InChI is InChI=1S/C22H24N2O6/c1-14-20(21(27)24-22(13-25)7-9-28-10-8-22)17-11-16(5-6-18(17)30-14)29-12-15-3-2-4-19(26)23-15/h2-6,11,25H,7-10,12-13H2,1H3,(H,23,26)(H,24,27). The number of benzene rings is 1. The van der Waals surface area contributed by atoms with Gasteiger partial charge in [-0.25, -0.2) is 4.98 Å². The summed E-state index contributed by atoms with van der Waals surface area (Å²) < 4.78 is 16.9. The summed E-state index contributed by atoms with van der Waals surface area (Å²) in [5, 5.41) is 23.0. The smallest absolute Gasteiger partial charge is 0.255 e. The first-order chi connectivity index (χ1) is 14.5. The van der Waals surface area contributed by atoms with Crippen molar-refractivity contribution in [2.45, 2.75) is 31.9 Å². The topological polar surface area (TPSA) is 114 Å². The van der Waals surface area contributed by atoms with Crippen molar-refractivity contribution < 1.29 is 28.9 Å². The van der Waals surface area contributed by atoms with Gasteiger partial charge in [-0.1, -0.05) is 6.07 Å². The molecule has 0 radical (unpaired) electrons. The van der Waals surface area contributed by atoms with Crippen molar-refractivity contribution >= 4 is 16.9 Å². The minimum atomic E-state index is -0.694. The van der Waals surface area contributed by atoms with Gasteiger partial charge in [-0.05, 0) is 44.0 Å². The number of hydrogen-bond donors (Lipinski definition) is 3. The molecule has 3 heterocycles. The van der Waals surface area contributed by atoms with Crippen molar-refractivity contribution in [2.24, 2.45) is 0 Å². The molecule has 0 unspecified atom stereocenters. The summed E-state index contributed by atoms with van der Waals surface area (Å²) in [7, 11) is 0. The Balaban J connectivity index is 1.57. The summed E-state index contributed by atoms with van der Waals surface area (Å²) in [6.45, 7) is 2.75. The number of aromatic nitrogens is 1. The third-order valence-corrected chi connectivity index (χ3v) is 5.37. The first-order valence-corrected chi connectivity index (χ1v) is 9.82. The van der Waals surface area contributed by atoms with Crippen LogP contribution in [0.1, 0.15) is 34.7 Å². The number of aliphatic hydroxyl groups excluding tert-OH is 1. The SMILES string of the molecule is Cc1oc2ccc(OCc3cccc(O)n3)cc2c1C(=O)NC1(CO)CCOCC1. The zero-order valence-corrected chi connectivity index (χ0v) is 16.7. The molecule has 0 bridgehead atoms. The third-order valence-electron chi connectivity index (χ3n) is 5.37. The van der Waals surface area contributed by atoms with Crippen molar-refractivity contribution in [3.05, 3.63) is 53.4 Å². The van der Waals surface area contributed by atoms with E-state index in [1.54, 1.807) is 37.3 Å². The predicted molar refractivity (Wildman–Crippen MR) is 109 cm³/mol. The molecule has 0 atom stereocenters. The van der Waals surface area contributed by atoms with Gasteiger partial charge in [0.2, 0.25) is 5.88 Å². The van der Waals surface area contributed by atoms with E-state index in [1.165, 1.54) is 6.07 Å². The number of nitrogens with zero attached hydrogens (tertiary/aromatic N) is 1. The van der Waals surface area contributed by atoms with Crippen molar-refractivity contribution in [3.8, 4) is 11.6 Å². The van der Waals surface area contributed by atoms with E-state index in [2.05, 4.69) is 10.3 Å². The quantitative estimate of drug-likeness (QED) is 0.570. The van der Waals surface area contributed by atoms with Crippen LogP contribution in [0.2, 0.25) is 0 Å². The van der Waals surface area contributed by atoms with E-state index in [1.807, 2.05) is 0 Å². The van der Waals surface area contributed by atoms with Gasteiger partial charge in [0.1, 0.15) is 23.7 Å². The fourth-order valence-electron chi connectivity index (χ4n) is 3.66. The van der Waals surface area contributed by atoms with E-state index in [0.29, 0.717) is 59.8 Å². The molecule has 1 aliphatic heterocycles. The molecule has 1 amide bonds. The van der Waals surface area contributed by atoms with E-state index < -0.39 is 5.54 Å². The lowest BCUT2D eigenvalue weighted by Gasteiger charge is -2.36. The average molecular weight is 412 g/mol. The summed E-state index contributed by atoms with van der Waals surface area (Å²) in [5.41, 5.74) is 0.886. The second-order valence-electron chi connectivity index (χ2n) is 7.47. The molecule has 0 spiro atoms. The van der Waals surface area contributed by atoms with Crippen LogP contribution in [-0.2, 0) is 11.3 Å². The van der Waals surface area contributed by atoms with E-state index in [4.69, 9.17) is 13.9 Å². The van der Waals surface area contributed by atoms with Gasteiger partial charge in [-0.2, -0.15) is 0 Å². The highest BCUT2D eigenvalue weighted by atomic mass is 16.5. The molecule has 8 nitrogen and oxygen atoms in total. The lowest BCUT2D eigenvalue weighted by molar-refractivity contribution is 0.0125. The maximum absolute atomic E-state index is 13.1. The zero-order valence-electron chi connectivity index (χ0n) is 16.7. The van der Waals surface area contributed by atoms with Gasteiger partial charge in [-0.3, -0.25) is 4.79 Å². The molecule has 4 rings (SSSR count). The summed E-state index contributed by atoms with van der Waals surface area (Å²) in [4.78, 5) is 17.1. The van der Waals surface area contributed by atoms with Gasteiger partial charge in [-0.15, -0.1) is 0 Å². The summed E-state index contributed by atoms with van der Waals surface area (Å²) >= 11 is 0. The molecular weight excluding hydrogens is 388 g/mol. The Morgan fingerprint density at radius 3 is 2.80 bits per heavy atom. The molecule has 1 aliphatic rings. The first kappa shape index (κ1) is 20.2. The van der Waals surface area contributed by atoms with Gasteiger partial charge in [0.25, 0.3) is 5.91 Å². The van der Waals surface area contributed by atoms with E-state index >= 15 is 0 Å². The first-order valence-electron chi connectivity index (χ1n) is 9.82. The molecule has 0 aliphatic carbocycles. The van der Waals surface area contributed by atoms with Crippen molar-refractivity contribution in [1.82, 2.24) is 10.3 Å². The molecular formula is C22H24N2O6. The maximum atomic E-state index is 13.1. The van der Waals surface area contributed by atoms with Crippen LogP contribution in [0.25, 0.3) is 11.0 Å². The van der Waals surface area contributed by atoms with Crippen LogP contribution in [-0.4, -0.2) is 46.5 Å². The number of furan rings is 1. The number of aromatic hydroxyl groups is 1. The Labute approximate surface area is 173 Å². The number of carbonyl (C=O) groups is 1. The third kappa shape index (κ3) is 4.10. The van der Waals surface area contributed by atoms with E-state index in [9.17, 15) is 15.0 Å². The second-order valence-corrected chi connectivity index (χ2v) is 7.47. The number of pyridine rings is 1. The van der Waals surface area contributed by atoms with Crippen molar-refractivity contribution in [2.75, 3.05) is 19.8 Å². The van der Waals surface area contributed by atoms with Crippen LogP contribution < -0.4 is 10.1 Å². The van der Waals surface area contributed by atoms with Crippen LogP contribution in [0.3, 0.4) is 0 Å². The van der Waals surface area contributed by atoms with Gasteiger partial charge in [0, 0.05) is 24.7 Å². The van der Waals surface area contributed by atoms with Crippen LogP contribution in [0.4, 0.5) is 0 Å². The van der Waals surface area contributed by atoms with Crippen LogP contribution in [0.15, 0.2) is 40.8 Å². The molecule has 3 aromatic rings. The Kier molecular flexibility index (Phi) is 5.61. The predicted octanol–water partition coefficient (Wildman–Crippen LogP) is 2.69. The average Bonchev–Trinajstić information content (AvgIpc) is 3.08. The van der Waals surface area contributed by atoms with E-state index in [-0.39, 0.29) is 25.0 Å². The number of fused-ring (bicyclic) bond motifs is 1. The monoisotopic (exact) mass is 412 g/mol. The van der Waals surface area contributed by atoms with E-state index in [0.717, 1.165) is 0 Å². The van der Waals surface area contributed by atoms with Crippen LogP contribution in [0, 0.1) is 6.92 Å². The van der Waals surface area contributed by atoms with Gasteiger partial charge < -0.3 is 29.4 Å². The second kappa shape index (κ2) is 8.33. The Hall–Kier alpha value is -3.10. The van der Waals surface area contributed by atoms with Crippen molar-refractivity contribution in [1.29, 1.82) is 0 Å². The molecule has 3 N–H and O–H groups in total. The van der Waals surface area contributed by atoms with Crippen LogP contribution >= 0.6 is 0 Å². The highest BCUT2D eigenvalue weighted by molar-refractivity contribution is 6.07. The number of carbonyl (C=O) groups excluding carboxylic acids is 1. The lowest BCUT2D eigenvalue weighted by atomic mass is 9.90. The maximum Gasteiger partial charge on any atom is 0.255 e. The Morgan fingerprint density at radius 2 is 2.07 bits per heavy atom. The molecule has 1 saturated heterocycles. The number of nitrogens with one attached hydrogen (secondary N) is 1. The Bertz CT molecular complexity index is 1050. The fourth-order valence-corrected chi connectivity index (χ4v) is 3.66. The summed E-state index contributed by atoms with van der Waals surface area (Å²) in [6, 6.07) is 10.2. The lowest BCUT2D eigenvalue weighted by Crippen LogP contribution is -2.54. The van der Waals surface area contributed by atoms with Crippen molar-refractivity contribution in [3.63, 3.8) is 0 Å². The molecule has 1 aromatic carbocycles. The Morgan fingerprint density at radius 1 is 1.27 bits per heavy atom. The van der Waals surface area contributed by atoms with Crippen LogP contribution in [0.5, 0.6) is 11.6 Å². The minimum Gasteiger partial charge on any atom is -0.493 e. The summed E-state index contributed by atoms with van der Waals surface area (Å²) in [5.74, 6) is 0.677. The number of ether oxygens (including phenoxy) is 2. The molecule has 158 valence electrons. The number of aliphatic hydroxyl groups is 1. The highest BCUT2D eigenvalue weighted by Gasteiger charge is 2.35. The van der Waals surface area contributed by atoms with Gasteiger partial charge >= 0.3 is 0 Å². The zero-order chi connectivity index (χ0) is 21.1. The number of hydrogen-bond acceptors (Lipinski definition) is 7. The molecule has 30 heavy (non-hydrogen) atoms.